The number of fused-ring (bicyclic) bond motifs is 3. The molecule has 2 aromatic carbocycles. The van der Waals surface area contributed by atoms with Crippen LogP contribution in [0, 0.1) is 5.82 Å². The van der Waals surface area contributed by atoms with Crippen molar-refractivity contribution >= 4 is 38.9 Å². The number of anilines is 3. The smallest absolute Gasteiger partial charge is 0.250 e. The second-order valence-electron chi connectivity index (χ2n) is 9.30. The second kappa shape index (κ2) is 9.58. The van der Waals surface area contributed by atoms with Gasteiger partial charge in [0.2, 0.25) is 21.8 Å². The molecular weight excluding hydrogens is 471 g/mol. The number of carbonyl (C=O) groups is 2. The number of carbonyl (C=O) groups excluding carboxylic acids is 2. The van der Waals surface area contributed by atoms with Crippen molar-refractivity contribution < 1.29 is 22.4 Å². The second-order valence-corrected chi connectivity index (χ2v) is 11.2. The maximum absolute atomic E-state index is 13.5. The van der Waals surface area contributed by atoms with Crippen LogP contribution >= 0.6 is 0 Å². The molecular formula is C25H29FN4O4S. The van der Waals surface area contributed by atoms with Gasteiger partial charge >= 0.3 is 0 Å². The molecule has 3 aliphatic rings. The Morgan fingerprint density at radius 2 is 1.66 bits per heavy atom. The van der Waals surface area contributed by atoms with Crippen molar-refractivity contribution in [2.75, 3.05) is 41.3 Å². The summed E-state index contributed by atoms with van der Waals surface area (Å²) in [6.45, 7) is 1.41. The highest BCUT2D eigenvalue weighted by atomic mass is 32.2. The number of nitrogens with zero attached hydrogens (tertiary/aromatic N) is 3. The third-order valence-electron chi connectivity index (χ3n) is 6.98. The van der Waals surface area contributed by atoms with Crippen molar-refractivity contribution in [1.29, 1.82) is 0 Å². The number of piperidine rings is 2. The average Bonchev–Trinajstić information content (AvgIpc) is 2.88. The van der Waals surface area contributed by atoms with Gasteiger partial charge in [-0.05, 0) is 74.6 Å². The van der Waals surface area contributed by atoms with E-state index in [0.717, 1.165) is 37.8 Å². The molecule has 35 heavy (non-hydrogen) atoms. The van der Waals surface area contributed by atoms with Crippen LogP contribution in [0.25, 0.3) is 0 Å². The first kappa shape index (κ1) is 23.7. The molecule has 10 heteroatoms. The lowest BCUT2D eigenvalue weighted by molar-refractivity contribution is -0.123. The minimum absolute atomic E-state index is 0.130. The highest BCUT2D eigenvalue weighted by Crippen LogP contribution is 2.41. The molecule has 2 amide bonds. The fraction of sp³-hybridized carbons (Fsp3) is 0.440. The molecule has 2 saturated heterocycles. The quantitative estimate of drug-likeness (QED) is 0.680. The summed E-state index contributed by atoms with van der Waals surface area (Å²) >= 11 is 0. The lowest BCUT2D eigenvalue weighted by atomic mass is 9.96. The zero-order valence-corrected chi connectivity index (χ0v) is 20.3. The van der Waals surface area contributed by atoms with E-state index < -0.39 is 21.7 Å². The molecule has 0 aliphatic carbocycles. The third kappa shape index (κ3) is 4.64. The Labute approximate surface area is 204 Å². The Hall–Kier alpha value is -2.98. The van der Waals surface area contributed by atoms with Crippen molar-refractivity contribution in [3.05, 3.63) is 48.3 Å². The van der Waals surface area contributed by atoms with E-state index in [1.807, 2.05) is 4.90 Å². The Morgan fingerprint density at radius 1 is 0.943 bits per heavy atom. The fourth-order valence-electron chi connectivity index (χ4n) is 5.19. The number of rotatable bonds is 5. The van der Waals surface area contributed by atoms with E-state index in [0.29, 0.717) is 37.4 Å². The van der Waals surface area contributed by atoms with Crippen LogP contribution in [0.15, 0.2) is 47.4 Å². The van der Waals surface area contributed by atoms with Gasteiger partial charge in [0.15, 0.2) is 0 Å². The average molecular weight is 501 g/mol. The molecule has 5 rings (SSSR count). The summed E-state index contributed by atoms with van der Waals surface area (Å²) in [5.41, 5.74) is 1.61. The Bertz CT molecular complexity index is 1230. The van der Waals surface area contributed by atoms with E-state index in [1.54, 1.807) is 12.1 Å². The summed E-state index contributed by atoms with van der Waals surface area (Å²) < 4.78 is 41.4. The Kier molecular flexibility index (Phi) is 6.50. The number of hydrogen-bond acceptors (Lipinski definition) is 5. The first-order valence-corrected chi connectivity index (χ1v) is 13.6. The summed E-state index contributed by atoms with van der Waals surface area (Å²) in [7, 11) is -3.71. The molecule has 0 spiro atoms. The van der Waals surface area contributed by atoms with Crippen molar-refractivity contribution in [2.45, 2.75) is 49.5 Å². The van der Waals surface area contributed by atoms with Crippen molar-refractivity contribution in [3.8, 4) is 0 Å². The SMILES string of the molecule is O=C(CN1C(=O)[C@H]2CCCCN2c2ccc(S(=O)(=O)N3CCCCC3)cc21)Nc1ccc(F)cc1. The molecule has 0 saturated carbocycles. The van der Waals surface area contributed by atoms with Crippen molar-refractivity contribution in [3.63, 3.8) is 0 Å². The van der Waals surface area contributed by atoms with Gasteiger partial charge in [-0.25, -0.2) is 12.8 Å². The van der Waals surface area contributed by atoms with Gasteiger partial charge < -0.3 is 10.2 Å². The molecule has 0 aromatic heterocycles. The minimum Gasteiger partial charge on any atom is -0.358 e. The summed E-state index contributed by atoms with van der Waals surface area (Å²) in [6.07, 6.45) is 5.21. The zero-order chi connectivity index (χ0) is 24.6. The van der Waals surface area contributed by atoms with Gasteiger partial charge in [-0.2, -0.15) is 4.31 Å². The van der Waals surface area contributed by atoms with E-state index in [1.165, 1.54) is 39.5 Å². The number of halogens is 1. The molecule has 3 heterocycles. The van der Waals surface area contributed by atoms with Crippen LogP contribution < -0.4 is 15.1 Å². The van der Waals surface area contributed by atoms with Crippen molar-refractivity contribution in [1.82, 2.24) is 4.31 Å². The largest absolute Gasteiger partial charge is 0.358 e. The first-order chi connectivity index (χ1) is 16.8. The molecule has 2 fully saturated rings. The summed E-state index contributed by atoms with van der Waals surface area (Å²) in [5.74, 6) is -1.06. The molecule has 0 radical (unpaired) electrons. The predicted octanol–water partition coefficient (Wildman–Crippen LogP) is 3.34. The maximum atomic E-state index is 13.5. The van der Waals surface area contributed by atoms with E-state index in [4.69, 9.17) is 0 Å². The normalized spacial score (nSPS) is 20.8. The van der Waals surface area contributed by atoms with Crippen LogP contribution in [-0.4, -0.2) is 56.8 Å². The number of benzene rings is 2. The molecule has 8 nitrogen and oxygen atoms in total. The van der Waals surface area contributed by atoms with Gasteiger partial charge in [-0.15, -0.1) is 0 Å². The number of hydrogen-bond donors (Lipinski definition) is 1. The van der Waals surface area contributed by atoms with Gasteiger partial charge in [0.05, 0.1) is 16.3 Å². The van der Waals surface area contributed by atoms with Crippen molar-refractivity contribution in [2.24, 2.45) is 0 Å². The third-order valence-corrected chi connectivity index (χ3v) is 8.88. The molecule has 0 bridgehead atoms. The molecule has 2 aromatic rings. The molecule has 3 aliphatic heterocycles. The Morgan fingerprint density at radius 3 is 2.40 bits per heavy atom. The van der Waals surface area contributed by atoms with Crippen LogP contribution in [0.1, 0.15) is 38.5 Å². The standard InChI is InChI=1S/C25H29FN4O4S/c26-18-7-9-19(10-8-18)27-24(31)17-30-23-16-20(35(33,34)28-13-3-1-4-14-28)11-12-21(23)29-15-5-2-6-22(29)25(30)32/h7-12,16,22H,1-6,13-15,17H2,(H,27,31)/t22-/m1/s1. The van der Waals surface area contributed by atoms with E-state index in [2.05, 4.69) is 5.32 Å². The van der Waals surface area contributed by atoms with E-state index in [9.17, 15) is 22.4 Å². The number of amides is 2. The first-order valence-electron chi connectivity index (χ1n) is 12.1. The van der Waals surface area contributed by atoms with Crippen LogP contribution in [0.2, 0.25) is 0 Å². The van der Waals surface area contributed by atoms with Crippen LogP contribution in [0.5, 0.6) is 0 Å². The predicted molar refractivity (Wildman–Crippen MR) is 131 cm³/mol. The molecule has 186 valence electrons. The number of sulfonamides is 1. The van der Waals surface area contributed by atoms with Crippen LogP contribution in [0.3, 0.4) is 0 Å². The fourth-order valence-corrected chi connectivity index (χ4v) is 6.73. The minimum atomic E-state index is -3.71. The lowest BCUT2D eigenvalue weighted by Gasteiger charge is -2.45. The lowest BCUT2D eigenvalue weighted by Crippen LogP contribution is -2.56. The molecule has 0 unspecified atom stereocenters. The van der Waals surface area contributed by atoms with E-state index in [-0.39, 0.29) is 23.4 Å². The van der Waals surface area contributed by atoms with Gasteiger partial charge in [0, 0.05) is 25.3 Å². The number of nitrogens with one attached hydrogen (secondary N) is 1. The van der Waals surface area contributed by atoms with Gasteiger partial charge in [0.25, 0.3) is 0 Å². The highest BCUT2D eigenvalue weighted by molar-refractivity contribution is 7.89. The van der Waals surface area contributed by atoms with Gasteiger partial charge in [0.1, 0.15) is 18.4 Å². The van der Waals surface area contributed by atoms with Gasteiger partial charge in [-0.3, -0.25) is 14.5 Å². The summed E-state index contributed by atoms with van der Waals surface area (Å²) in [4.78, 5) is 29.9. The van der Waals surface area contributed by atoms with Crippen LogP contribution in [-0.2, 0) is 19.6 Å². The Balaban J connectivity index is 1.48. The monoisotopic (exact) mass is 500 g/mol. The van der Waals surface area contributed by atoms with Gasteiger partial charge in [-0.1, -0.05) is 6.42 Å². The zero-order valence-electron chi connectivity index (χ0n) is 19.5. The molecule has 1 N–H and O–H groups in total. The van der Waals surface area contributed by atoms with E-state index >= 15 is 0 Å². The maximum Gasteiger partial charge on any atom is 0.250 e. The molecule has 1 atom stereocenters. The topological polar surface area (TPSA) is 90.0 Å². The highest BCUT2D eigenvalue weighted by Gasteiger charge is 2.41. The summed E-state index contributed by atoms with van der Waals surface area (Å²) in [5, 5.41) is 2.70. The summed E-state index contributed by atoms with van der Waals surface area (Å²) in [6, 6.07) is 9.93. The van der Waals surface area contributed by atoms with Crippen LogP contribution in [0.4, 0.5) is 21.5 Å².